The molecule has 4 heterocycles. The molecule has 3 aromatic rings. The van der Waals surface area contributed by atoms with Gasteiger partial charge in [-0.3, -0.25) is 9.69 Å². The van der Waals surface area contributed by atoms with Crippen LogP contribution in [0.15, 0.2) is 36.7 Å². The molecule has 0 aliphatic carbocycles. The topological polar surface area (TPSA) is 77.1 Å². The molecule has 0 saturated carbocycles. The van der Waals surface area contributed by atoms with Gasteiger partial charge in [0.1, 0.15) is 12.3 Å². The van der Waals surface area contributed by atoms with E-state index in [0.717, 1.165) is 53.4 Å². The van der Waals surface area contributed by atoms with Gasteiger partial charge in [-0.1, -0.05) is 0 Å². The number of pyridine rings is 1. The molecule has 2 aliphatic rings. The van der Waals surface area contributed by atoms with E-state index in [9.17, 15) is 18.0 Å². The van der Waals surface area contributed by atoms with Crippen molar-refractivity contribution in [2.75, 3.05) is 57.8 Å². The lowest BCUT2D eigenvalue weighted by atomic mass is 9.93. The van der Waals surface area contributed by atoms with Crippen LogP contribution in [0.2, 0.25) is 0 Å². The molecular formula is C25H25F3N6O2. The molecule has 8 nitrogen and oxygen atoms in total. The molecule has 2 aromatic heterocycles. The number of carbonyl (C=O) groups is 1. The molecule has 0 spiro atoms. The third-order valence-corrected chi connectivity index (χ3v) is 6.77. The van der Waals surface area contributed by atoms with E-state index in [0.29, 0.717) is 18.5 Å². The van der Waals surface area contributed by atoms with Gasteiger partial charge in [0.2, 0.25) is 0 Å². The number of hydrogen-bond donors (Lipinski definition) is 0. The number of piperazine rings is 1. The van der Waals surface area contributed by atoms with Gasteiger partial charge < -0.3 is 14.5 Å². The number of nitrogens with zero attached hydrogens (tertiary/aromatic N) is 6. The van der Waals surface area contributed by atoms with Gasteiger partial charge in [-0.05, 0) is 41.8 Å². The number of aromatic nitrogens is 2. The molecule has 11 heteroatoms. The summed E-state index contributed by atoms with van der Waals surface area (Å²) in [4.78, 5) is 18.0. The molecule has 188 valence electrons. The number of halogens is 3. The molecule has 0 bridgehead atoms. The Balaban J connectivity index is 1.43. The Morgan fingerprint density at radius 1 is 1.14 bits per heavy atom. The summed E-state index contributed by atoms with van der Waals surface area (Å²) in [5.41, 5.74) is 4.38. The number of nitriles is 1. The second kappa shape index (κ2) is 9.35. The van der Waals surface area contributed by atoms with E-state index in [2.05, 4.69) is 21.0 Å². The van der Waals surface area contributed by atoms with E-state index in [1.54, 1.807) is 16.8 Å². The lowest BCUT2D eigenvalue weighted by Gasteiger charge is -2.34. The van der Waals surface area contributed by atoms with Crippen LogP contribution in [-0.4, -0.2) is 84.4 Å². The van der Waals surface area contributed by atoms with Gasteiger partial charge in [0, 0.05) is 38.3 Å². The van der Waals surface area contributed by atoms with Gasteiger partial charge in [0.25, 0.3) is 5.91 Å². The highest BCUT2D eigenvalue weighted by atomic mass is 19.4. The van der Waals surface area contributed by atoms with E-state index in [4.69, 9.17) is 10.00 Å². The first kappa shape index (κ1) is 23.9. The third kappa shape index (κ3) is 4.56. The van der Waals surface area contributed by atoms with Crippen LogP contribution < -0.4 is 9.64 Å². The number of amides is 1. The summed E-state index contributed by atoms with van der Waals surface area (Å²) in [7, 11) is 1.41. The minimum atomic E-state index is -4.46. The SMILES string of the molecule is COc1cc(-c2cnn3cc(N4CCN(CC#N)CC4)ccc23)cc2c1C(=O)N(CC(F)(F)F)CC2. The summed E-state index contributed by atoms with van der Waals surface area (Å²) in [5, 5.41) is 13.4. The van der Waals surface area contributed by atoms with Crippen LogP contribution in [0.4, 0.5) is 18.9 Å². The van der Waals surface area contributed by atoms with Gasteiger partial charge in [0.05, 0.1) is 48.9 Å². The predicted molar refractivity (Wildman–Crippen MR) is 127 cm³/mol. The van der Waals surface area contributed by atoms with Gasteiger partial charge in [-0.25, -0.2) is 4.52 Å². The molecule has 1 amide bonds. The van der Waals surface area contributed by atoms with Crippen LogP contribution in [0.5, 0.6) is 5.75 Å². The van der Waals surface area contributed by atoms with Crippen LogP contribution in [0, 0.1) is 11.3 Å². The zero-order valence-corrected chi connectivity index (χ0v) is 19.8. The first-order chi connectivity index (χ1) is 17.3. The van der Waals surface area contributed by atoms with Crippen LogP contribution in [0.25, 0.3) is 16.6 Å². The van der Waals surface area contributed by atoms with Crippen molar-refractivity contribution in [3.63, 3.8) is 0 Å². The first-order valence-electron chi connectivity index (χ1n) is 11.7. The number of carbonyl (C=O) groups excluding carboxylic acids is 1. The van der Waals surface area contributed by atoms with E-state index in [-0.39, 0.29) is 17.9 Å². The zero-order valence-electron chi connectivity index (χ0n) is 19.8. The predicted octanol–water partition coefficient (Wildman–Crippen LogP) is 3.22. The van der Waals surface area contributed by atoms with Crippen molar-refractivity contribution in [3.05, 3.63) is 47.8 Å². The standard InChI is InChI=1S/C25H25F3N6O2/c1-36-22-13-18(12-17-4-6-33(16-25(26,27)28)24(35)23(17)22)20-14-30-34-15-19(2-3-21(20)34)32-10-8-31(7-5-29)9-11-32/h2-3,12-15H,4,6-11,16H2,1H3. The van der Waals surface area contributed by atoms with Crippen molar-refractivity contribution in [1.82, 2.24) is 19.4 Å². The van der Waals surface area contributed by atoms with Crippen LogP contribution in [0.3, 0.4) is 0 Å². The van der Waals surface area contributed by atoms with Crippen molar-refractivity contribution < 1.29 is 22.7 Å². The number of fused-ring (bicyclic) bond motifs is 2. The fourth-order valence-corrected chi connectivity index (χ4v) is 4.96. The summed E-state index contributed by atoms with van der Waals surface area (Å²) >= 11 is 0. The van der Waals surface area contributed by atoms with Crippen LogP contribution >= 0.6 is 0 Å². The molecule has 0 atom stereocenters. The number of benzene rings is 1. The normalized spacial score (nSPS) is 16.8. The van der Waals surface area contributed by atoms with Crippen molar-refractivity contribution in [2.24, 2.45) is 0 Å². The number of ether oxygens (including phenoxy) is 1. The molecule has 1 aromatic carbocycles. The Kier molecular flexibility index (Phi) is 6.22. The highest BCUT2D eigenvalue weighted by Gasteiger charge is 2.37. The summed E-state index contributed by atoms with van der Waals surface area (Å²) in [6, 6.07) is 9.75. The van der Waals surface area contributed by atoms with Crippen molar-refractivity contribution >= 4 is 17.1 Å². The summed E-state index contributed by atoms with van der Waals surface area (Å²) in [6.07, 6.45) is -0.443. The molecule has 2 aliphatic heterocycles. The Labute approximate surface area is 206 Å². The number of methoxy groups -OCH3 is 1. The largest absolute Gasteiger partial charge is 0.496 e. The first-order valence-corrected chi connectivity index (χ1v) is 11.7. The zero-order chi connectivity index (χ0) is 25.4. The van der Waals surface area contributed by atoms with Gasteiger partial charge in [0.15, 0.2) is 0 Å². The third-order valence-electron chi connectivity index (χ3n) is 6.77. The molecular weight excluding hydrogens is 473 g/mol. The van der Waals surface area contributed by atoms with Crippen LogP contribution in [0.1, 0.15) is 15.9 Å². The highest BCUT2D eigenvalue weighted by molar-refractivity contribution is 6.00. The fourth-order valence-electron chi connectivity index (χ4n) is 4.96. The molecule has 0 unspecified atom stereocenters. The molecule has 5 rings (SSSR count). The van der Waals surface area contributed by atoms with E-state index < -0.39 is 18.6 Å². The molecule has 1 fully saturated rings. The van der Waals surface area contributed by atoms with Crippen molar-refractivity contribution in [3.8, 4) is 22.9 Å². The Morgan fingerprint density at radius 3 is 2.61 bits per heavy atom. The second-order valence-electron chi connectivity index (χ2n) is 9.00. The van der Waals surface area contributed by atoms with Gasteiger partial charge >= 0.3 is 6.18 Å². The van der Waals surface area contributed by atoms with E-state index in [1.165, 1.54) is 7.11 Å². The Morgan fingerprint density at radius 2 is 1.92 bits per heavy atom. The van der Waals surface area contributed by atoms with Crippen molar-refractivity contribution in [1.29, 1.82) is 5.26 Å². The minimum absolute atomic E-state index is 0.00228. The number of anilines is 1. The quantitative estimate of drug-likeness (QED) is 0.503. The Bertz CT molecular complexity index is 1320. The van der Waals surface area contributed by atoms with Crippen LogP contribution in [-0.2, 0) is 6.42 Å². The monoisotopic (exact) mass is 498 g/mol. The minimum Gasteiger partial charge on any atom is -0.496 e. The highest BCUT2D eigenvalue weighted by Crippen LogP contribution is 2.36. The summed E-state index contributed by atoms with van der Waals surface area (Å²) in [6.45, 7) is 2.45. The summed E-state index contributed by atoms with van der Waals surface area (Å²) < 4.78 is 46.0. The molecule has 0 radical (unpaired) electrons. The smallest absolute Gasteiger partial charge is 0.406 e. The average Bonchev–Trinajstić information content (AvgIpc) is 3.28. The second-order valence-corrected chi connectivity index (χ2v) is 9.00. The maximum Gasteiger partial charge on any atom is 0.406 e. The summed E-state index contributed by atoms with van der Waals surface area (Å²) in [5.74, 6) is -0.415. The maximum atomic E-state index is 12.9. The molecule has 0 N–H and O–H groups in total. The van der Waals surface area contributed by atoms with Gasteiger partial charge in [-0.2, -0.15) is 23.5 Å². The Hall–Kier alpha value is -3.78. The van der Waals surface area contributed by atoms with Gasteiger partial charge in [-0.15, -0.1) is 0 Å². The number of alkyl halides is 3. The van der Waals surface area contributed by atoms with E-state index in [1.807, 2.05) is 24.4 Å². The van der Waals surface area contributed by atoms with E-state index >= 15 is 0 Å². The maximum absolute atomic E-state index is 12.9. The molecule has 36 heavy (non-hydrogen) atoms. The lowest BCUT2D eigenvalue weighted by molar-refractivity contribution is -0.141. The molecule has 1 saturated heterocycles. The number of hydrogen-bond acceptors (Lipinski definition) is 6. The average molecular weight is 499 g/mol. The van der Waals surface area contributed by atoms with Crippen molar-refractivity contribution in [2.45, 2.75) is 12.6 Å². The fraction of sp³-hybridized carbons (Fsp3) is 0.400. The number of rotatable bonds is 5. The lowest BCUT2D eigenvalue weighted by Crippen LogP contribution is -2.46.